The summed E-state index contributed by atoms with van der Waals surface area (Å²) in [5.41, 5.74) is 1.55. The maximum absolute atomic E-state index is 3.85. The van der Waals surface area contributed by atoms with E-state index >= 15 is 0 Å². The predicted octanol–water partition coefficient (Wildman–Crippen LogP) is 0.666. The van der Waals surface area contributed by atoms with Crippen LogP contribution in [0.1, 0.15) is 11.1 Å². The summed E-state index contributed by atoms with van der Waals surface area (Å²) in [5.74, 6) is 5.81. The van der Waals surface area contributed by atoms with Gasteiger partial charge in [0.25, 0.3) is 0 Å². The summed E-state index contributed by atoms with van der Waals surface area (Å²) in [7, 11) is 0. The lowest BCUT2D eigenvalue weighted by atomic mass is 10.3. The summed E-state index contributed by atoms with van der Waals surface area (Å²) in [6.45, 7) is 0. The molecule has 0 aliphatic heterocycles. The van der Waals surface area contributed by atoms with E-state index in [1.54, 1.807) is 24.8 Å². The van der Waals surface area contributed by atoms with Crippen molar-refractivity contribution in [3.63, 3.8) is 0 Å². The fourth-order valence-corrected chi connectivity index (χ4v) is 0.872. The Morgan fingerprint density at radius 2 is 1.00 bits per heavy atom. The molecule has 0 N–H and O–H groups in total. The summed E-state index contributed by atoms with van der Waals surface area (Å²) in [6.07, 6.45) is 9.56. The zero-order chi connectivity index (χ0) is 9.64. The Morgan fingerprint density at radius 3 is 1.36 bits per heavy atom. The SMILES string of the molecule is C(#Cc1cncnc1)c1cncnc1. The van der Waals surface area contributed by atoms with Gasteiger partial charge in [-0.2, -0.15) is 0 Å². The molecule has 0 atom stereocenters. The van der Waals surface area contributed by atoms with E-state index in [1.807, 2.05) is 0 Å². The van der Waals surface area contributed by atoms with Gasteiger partial charge in [-0.1, -0.05) is 11.8 Å². The van der Waals surface area contributed by atoms with Crippen molar-refractivity contribution in [3.05, 3.63) is 48.6 Å². The van der Waals surface area contributed by atoms with Gasteiger partial charge in [0.1, 0.15) is 12.7 Å². The van der Waals surface area contributed by atoms with Crippen LogP contribution in [0.25, 0.3) is 0 Å². The van der Waals surface area contributed by atoms with Gasteiger partial charge in [0, 0.05) is 24.8 Å². The maximum atomic E-state index is 3.85. The molecule has 4 nitrogen and oxygen atoms in total. The number of rotatable bonds is 0. The number of aromatic nitrogens is 4. The van der Waals surface area contributed by atoms with Crippen molar-refractivity contribution in [1.29, 1.82) is 0 Å². The molecule has 2 heterocycles. The summed E-state index contributed by atoms with van der Waals surface area (Å²) < 4.78 is 0. The highest BCUT2D eigenvalue weighted by Crippen LogP contribution is 1.92. The minimum Gasteiger partial charge on any atom is -0.244 e. The van der Waals surface area contributed by atoms with Gasteiger partial charge in [-0.05, 0) is 0 Å². The Hall–Kier alpha value is -2.28. The molecule has 2 rings (SSSR count). The van der Waals surface area contributed by atoms with Gasteiger partial charge in [-0.25, -0.2) is 19.9 Å². The van der Waals surface area contributed by atoms with E-state index < -0.39 is 0 Å². The monoisotopic (exact) mass is 182 g/mol. The van der Waals surface area contributed by atoms with Crippen molar-refractivity contribution in [2.75, 3.05) is 0 Å². The van der Waals surface area contributed by atoms with Crippen LogP contribution in [-0.4, -0.2) is 19.9 Å². The van der Waals surface area contributed by atoms with Crippen LogP contribution in [0.5, 0.6) is 0 Å². The van der Waals surface area contributed by atoms with Crippen molar-refractivity contribution in [3.8, 4) is 11.8 Å². The van der Waals surface area contributed by atoms with Crippen molar-refractivity contribution in [1.82, 2.24) is 19.9 Å². The van der Waals surface area contributed by atoms with E-state index in [0.717, 1.165) is 11.1 Å². The van der Waals surface area contributed by atoms with Crippen molar-refractivity contribution < 1.29 is 0 Å². The average molecular weight is 182 g/mol. The van der Waals surface area contributed by atoms with Gasteiger partial charge in [0.15, 0.2) is 0 Å². The minimum atomic E-state index is 0.774. The number of hydrogen-bond donors (Lipinski definition) is 0. The second-order valence-corrected chi connectivity index (χ2v) is 2.50. The number of hydrogen-bond acceptors (Lipinski definition) is 4. The zero-order valence-electron chi connectivity index (χ0n) is 7.25. The predicted molar refractivity (Wildman–Crippen MR) is 50.0 cm³/mol. The Labute approximate surface area is 81.1 Å². The van der Waals surface area contributed by atoms with E-state index in [4.69, 9.17) is 0 Å². The summed E-state index contributed by atoms with van der Waals surface area (Å²) >= 11 is 0. The maximum Gasteiger partial charge on any atom is 0.115 e. The van der Waals surface area contributed by atoms with E-state index in [0.29, 0.717) is 0 Å². The van der Waals surface area contributed by atoms with Gasteiger partial charge >= 0.3 is 0 Å². The second-order valence-electron chi connectivity index (χ2n) is 2.50. The van der Waals surface area contributed by atoms with Crippen LogP contribution in [0.3, 0.4) is 0 Å². The van der Waals surface area contributed by atoms with Crippen molar-refractivity contribution in [2.45, 2.75) is 0 Å². The van der Waals surface area contributed by atoms with Crippen LogP contribution in [0.4, 0.5) is 0 Å². The quantitative estimate of drug-likeness (QED) is 0.562. The highest BCUT2D eigenvalue weighted by molar-refractivity contribution is 5.38. The highest BCUT2D eigenvalue weighted by atomic mass is 14.8. The average Bonchev–Trinajstić information content (AvgIpc) is 2.29. The standard InChI is InChI=1S/C10H6N4/c1(9-3-11-7-12-4-9)2-10-5-13-8-14-6-10/h3-8H. The smallest absolute Gasteiger partial charge is 0.115 e. The topological polar surface area (TPSA) is 51.6 Å². The fraction of sp³-hybridized carbons (Fsp3) is 0. The Kier molecular flexibility index (Phi) is 2.44. The molecule has 0 saturated heterocycles. The first-order valence-electron chi connectivity index (χ1n) is 3.97. The van der Waals surface area contributed by atoms with Gasteiger partial charge in [-0.15, -0.1) is 0 Å². The van der Waals surface area contributed by atoms with E-state index in [2.05, 4.69) is 31.8 Å². The van der Waals surface area contributed by atoms with Crippen LogP contribution < -0.4 is 0 Å². The molecule has 0 aromatic carbocycles. The Morgan fingerprint density at radius 1 is 0.643 bits per heavy atom. The van der Waals surface area contributed by atoms with Crippen LogP contribution in [-0.2, 0) is 0 Å². The summed E-state index contributed by atoms with van der Waals surface area (Å²) in [4.78, 5) is 15.4. The molecule has 0 unspecified atom stereocenters. The van der Waals surface area contributed by atoms with E-state index in [-0.39, 0.29) is 0 Å². The Balaban J connectivity index is 2.24. The lowest BCUT2D eigenvalue weighted by Gasteiger charge is -1.86. The molecule has 0 saturated carbocycles. The zero-order valence-corrected chi connectivity index (χ0v) is 7.25. The molecule has 2 aromatic heterocycles. The van der Waals surface area contributed by atoms with Gasteiger partial charge in [-0.3, -0.25) is 0 Å². The molecular formula is C10H6N4. The molecule has 0 spiro atoms. The van der Waals surface area contributed by atoms with Crippen molar-refractivity contribution >= 4 is 0 Å². The number of nitrogens with zero attached hydrogens (tertiary/aromatic N) is 4. The third-order valence-electron chi connectivity index (χ3n) is 1.47. The highest BCUT2D eigenvalue weighted by Gasteiger charge is 1.85. The molecule has 4 heteroatoms. The molecular weight excluding hydrogens is 176 g/mol. The lowest BCUT2D eigenvalue weighted by molar-refractivity contribution is 1.15. The summed E-state index contributed by atoms with van der Waals surface area (Å²) in [6, 6.07) is 0. The molecule has 0 amide bonds. The molecule has 0 aliphatic rings. The first-order valence-corrected chi connectivity index (χ1v) is 3.97. The van der Waals surface area contributed by atoms with Gasteiger partial charge < -0.3 is 0 Å². The van der Waals surface area contributed by atoms with Gasteiger partial charge in [0.05, 0.1) is 11.1 Å². The molecule has 0 aliphatic carbocycles. The van der Waals surface area contributed by atoms with Crippen molar-refractivity contribution in [2.24, 2.45) is 0 Å². The molecule has 0 bridgehead atoms. The van der Waals surface area contributed by atoms with Crippen LogP contribution in [0, 0.1) is 11.8 Å². The van der Waals surface area contributed by atoms with Crippen LogP contribution >= 0.6 is 0 Å². The Bertz CT molecular complexity index is 412. The first kappa shape index (κ1) is 8.32. The van der Waals surface area contributed by atoms with Crippen LogP contribution in [0.2, 0.25) is 0 Å². The van der Waals surface area contributed by atoms with Gasteiger partial charge in [0.2, 0.25) is 0 Å². The summed E-state index contributed by atoms with van der Waals surface area (Å²) in [5, 5.41) is 0. The first-order chi connectivity index (χ1) is 6.95. The molecule has 2 aromatic rings. The van der Waals surface area contributed by atoms with Crippen LogP contribution in [0.15, 0.2) is 37.4 Å². The normalized spacial score (nSPS) is 8.86. The fourth-order valence-electron chi connectivity index (χ4n) is 0.872. The molecule has 66 valence electrons. The largest absolute Gasteiger partial charge is 0.244 e. The lowest BCUT2D eigenvalue weighted by Crippen LogP contribution is -1.82. The third kappa shape index (κ3) is 2.11. The molecule has 0 radical (unpaired) electrons. The minimum absolute atomic E-state index is 0.774. The molecule has 14 heavy (non-hydrogen) atoms. The molecule has 0 fully saturated rings. The second kappa shape index (κ2) is 4.10. The van der Waals surface area contributed by atoms with E-state index in [1.165, 1.54) is 12.7 Å². The van der Waals surface area contributed by atoms with E-state index in [9.17, 15) is 0 Å². The third-order valence-corrected chi connectivity index (χ3v) is 1.47.